The summed E-state index contributed by atoms with van der Waals surface area (Å²) in [4.78, 5) is 0.842. The van der Waals surface area contributed by atoms with E-state index in [1.165, 1.54) is 18.9 Å². The second-order valence-corrected chi connectivity index (χ2v) is 5.36. The van der Waals surface area contributed by atoms with Gasteiger partial charge < -0.3 is 10.5 Å². The first-order valence-electron chi connectivity index (χ1n) is 5.61. The van der Waals surface area contributed by atoms with Gasteiger partial charge in [0, 0.05) is 26.9 Å². The first kappa shape index (κ1) is 14.0. The van der Waals surface area contributed by atoms with Crippen LogP contribution in [0.4, 0.5) is 10.1 Å². The number of rotatable bonds is 4. The van der Waals surface area contributed by atoms with Crippen LogP contribution < -0.4 is 10.5 Å². The first-order valence-corrected chi connectivity index (χ1v) is 6.97. The molecule has 0 saturated carbocycles. The molecule has 2 aromatic rings. The fraction of sp³-hybridized carbons (Fsp3) is 0.143. The predicted octanol–water partition coefficient (Wildman–Crippen LogP) is 4.36. The van der Waals surface area contributed by atoms with E-state index in [0.29, 0.717) is 22.0 Å². The Kier molecular flexibility index (Phi) is 4.56. The highest BCUT2D eigenvalue weighted by Gasteiger charge is 2.09. The van der Waals surface area contributed by atoms with Crippen molar-refractivity contribution in [3.05, 3.63) is 52.8 Å². The lowest BCUT2D eigenvalue weighted by Crippen LogP contribution is -1.94. The van der Waals surface area contributed by atoms with Crippen molar-refractivity contribution in [2.24, 2.45) is 0 Å². The second-order valence-electron chi connectivity index (χ2n) is 3.90. The summed E-state index contributed by atoms with van der Waals surface area (Å²) in [6.45, 7) is 0. The lowest BCUT2D eigenvalue weighted by molar-refractivity contribution is 0.385. The largest absolute Gasteiger partial charge is 0.494 e. The molecule has 2 rings (SSSR count). The van der Waals surface area contributed by atoms with Gasteiger partial charge in [0.25, 0.3) is 0 Å². The molecule has 0 unspecified atom stereocenters. The van der Waals surface area contributed by atoms with Crippen LogP contribution in [-0.2, 0) is 5.75 Å². The van der Waals surface area contributed by atoms with Gasteiger partial charge in [-0.2, -0.15) is 0 Å². The van der Waals surface area contributed by atoms with Gasteiger partial charge in [-0.25, -0.2) is 4.39 Å². The molecule has 2 aromatic carbocycles. The summed E-state index contributed by atoms with van der Waals surface area (Å²) in [5.74, 6) is 0.378. The molecule has 2 nitrogen and oxygen atoms in total. The van der Waals surface area contributed by atoms with Crippen LogP contribution in [0.25, 0.3) is 0 Å². The Labute approximate surface area is 120 Å². The molecule has 0 saturated heterocycles. The van der Waals surface area contributed by atoms with Crippen LogP contribution >= 0.6 is 23.4 Å². The molecular weight excluding hydrogens is 285 g/mol. The van der Waals surface area contributed by atoms with Crippen LogP contribution in [0.15, 0.2) is 41.3 Å². The Morgan fingerprint density at radius 3 is 2.84 bits per heavy atom. The minimum atomic E-state index is -0.335. The van der Waals surface area contributed by atoms with Crippen LogP contribution in [-0.4, -0.2) is 7.11 Å². The number of hydrogen-bond acceptors (Lipinski definition) is 3. The molecule has 0 aromatic heterocycles. The lowest BCUT2D eigenvalue weighted by Gasteiger charge is -2.09. The van der Waals surface area contributed by atoms with E-state index >= 15 is 0 Å². The van der Waals surface area contributed by atoms with E-state index in [9.17, 15) is 4.39 Å². The molecular formula is C14H13ClFNOS. The Bertz CT molecular complexity index is 592. The van der Waals surface area contributed by atoms with Gasteiger partial charge in [-0.3, -0.25) is 0 Å². The Balaban J connectivity index is 2.17. The van der Waals surface area contributed by atoms with Crippen LogP contribution in [0.1, 0.15) is 5.56 Å². The molecule has 0 aliphatic rings. The van der Waals surface area contributed by atoms with Gasteiger partial charge in [0.15, 0.2) is 11.6 Å². The Hall–Kier alpha value is -1.39. The van der Waals surface area contributed by atoms with E-state index in [2.05, 4.69) is 0 Å². The van der Waals surface area contributed by atoms with Crippen LogP contribution in [0.3, 0.4) is 0 Å². The van der Waals surface area contributed by atoms with Crippen molar-refractivity contribution < 1.29 is 9.13 Å². The molecule has 0 heterocycles. The van der Waals surface area contributed by atoms with E-state index in [0.717, 1.165) is 4.90 Å². The lowest BCUT2D eigenvalue weighted by atomic mass is 10.2. The maximum atomic E-state index is 14.0. The second kappa shape index (κ2) is 6.17. The minimum Gasteiger partial charge on any atom is -0.494 e. The third-order valence-electron chi connectivity index (χ3n) is 2.62. The van der Waals surface area contributed by atoms with Crippen molar-refractivity contribution in [3.63, 3.8) is 0 Å². The molecule has 0 fully saturated rings. The van der Waals surface area contributed by atoms with Gasteiger partial charge in [-0.05, 0) is 24.3 Å². The Morgan fingerprint density at radius 2 is 2.11 bits per heavy atom. The minimum absolute atomic E-state index is 0.247. The number of methoxy groups -OCH3 is 1. The number of hydrogen-bond donors (Lipinski definition) is 1. The average molecular weight is 298 g/mol. The standard InChI is InChI=1S/C14H13ClFNOS/c1-18-12-4-2-3-9(14(12)16)8-19-13-7-10(15)5-6-11(13)17/h2-7H,8,17H2,1H3. The molecule has 0 atom stereocenters. The summed E-state index contributed by atoms with van der Waals surface area (Å²) >= 11 is 7.36. The molecule has 0 aliphatic carbocycles. The van der Waals surface area contributed by atoms with Crippen molar-refractivity contribution in [1.29, 1.82) is 0 Å². The summed E-state index contributed by atoms with van der Waals surface area (Å²) in [6.07, 6.45) is 0. The monoisotopic (exact) mass is 297 g/mol. The maximum absolute atomic E-state index is 14.0. The SMILES string of the molecule is COc1cccc(CSc2cc(Cl)ccc2N)c1F. The number of thioether (sulfide) groups is 1. The van der Waals surface area contributed by atoms with Crippen molar-refractivity contribution >= 4 is 29.1 Å². The number of nitrogens with two attached hydrogens (primary N) is 1. The highest BCUT2D eigenvalue weighted by atomic mass is 35.5. The van der Waals surface area contributed by atoms with E-state index in [-0.39, 0.29) is 11.6 Å². The number of anilines is 1. The highest BCUT2D eigenvalue weighted by Crippen LogP contribution is 2.32. The van der Waals surface area contributed by atoms with E-state index in [4.69, 9.17) is 22.1 Å². The van der Waals surface area contributed by atoms with Crippen molar-refractivity contribution in [2.45, 2.75) is 10.6 Å². The smallest absolute Gasteiger partial charge is 0.169 e. The molecule has 5 heteroatoms. The highest BCUT2D eigenvalue weighted by molar-refractivity contribution is 7.98. The summed E-state index contributed by atoms with van der Waals surface area (Å²) < 4.78 is 18.9. The predicted molar refractivity (Wildman–Crippen MR) is 78.4 cm³/mol. The summed E-state index contributed by atoms with van der Waals surface area (Å²) in [7, 11) is 1.45. The van der Waals surface area contributed by atoms with Crippen LogP contribution in [0, 0.1) is 5.82 Å². The van der Waals surface area contributed by atoms with Crippen molar-refractivity contribution in [2.75, 3.05) is 12.8 Å². The van der Waals surface area contributed by atoms with Gasteiger partial charge >= 0.3 is 0 Å². The number of benzene rings is 2. The quantitative estimate of drug-likeness (QED) is 0.672. The molecule has 0 amide bonds. The zero-order valence-corrected chi connectivity index (χ0v) is 11.9. The van der Waals surface area contributed by atoms with Gasteiger partial charge in [0.05, 0.1) is 7.11 Å². The number of halogens is 2. The third kappa shape index (κ3) is 3.33. The van der Waals surface area contributed by atoms with Crippen molar-refractivity contribution in [1.82, 2.24) is 0 Å². The fourth-order valence-electron chi connectivity index (χ4n) is 1.61. The average Bonchev–Trinajstić information content (AvgIpc) is 2.41. The van der Waals surface area contributed by atoms with Gasteiger partial charge in [0.1, 0.15) is 0 Å². The molecule has 19 heavy (non-hydrogen) atoms. The first-order chi connectivity index (χ1) is 9.11. The van der Waals surface area contributed by atoms with Crippen LogP contribution in [0.2, 0.25) is 5.02 Å². The van der Waals surface area contributed by atoms with E-state index in [1.54, 1.807) is 36.4 Å². The number of ether oxygens (including phenoxy) is 1. The zero-order valence-electron chi connectivity index (χ0n) is 10.3. The fourth-order valence-corrected chi connectivity index (χ4v) is 2.83. The molecule has 2 N–H and O–H groups in total. The molecule has 0 bridgehead atoms. The van der Waals surface area contributed by atoms with Gasteiger partial charge in [-0.1, -0.05) is 23.7 Å². The summed E-state index contributed by atoms with van der Waals surface area (Å²) in [5, 5.41) is 0.614. The van der Waals surface area contributed by atoms with Gasteiger partial charge in [0.2, 0.25) is 0 Å². The topological polar surface area (TPSA) is 35.2 Å². The molecule has 0 radical (unpaired) electrons. The summed E-state index contributed by atoms with van der Waals surface area (Å²) in [5.41, 5.74) is 7.06. The van der Waals surface area contributed by atoms with E-state index in [1.807, 2.05) is 0 Å². The van der Waals surface area contributed by atoms with Gasteiger partial charge in [-0.15, -0.1) is 11.8 Å². The van der Waals surface area contributed by atoms with E-state index < -0.39 is 0 Å². The molecule has 100 valence electrons. The third-order valence-corrected chi connectivity index (χ3v) is 3.98. The normalized spacial score (nSPS) is 10.5. The summed E-state index contributed by atoms with van der Waals surface area (Å²) in [6, 6.07) is 10.3. The maximum Gasteiger partial charge on any atom is 0.169 e. The number of nitrogen functional groups attached to an aromatic ring is 1. The Morgan fingerprint density at radius 1 is 1.32 bits per heavy atom. The molecule has 0 spiro atoms. The zero-order chi connectivity index (χ0) is 13.8. The molecule has 0 aliphatic heterocycles. The van der Waals surface area contributed by atoms with Crippen molar-refractivity contribution in [3.8, 4) is 5.75 Å². The van der Waals surface area contributed by atoms with Crippen LogP contribution in [0.5, 0.6) is 5.75 Å².